The summed E-state index contributed by atoms with van der Waals surface area (Å²) in [5, 5.41) is 14.2. The van der Waals surface area contributed by atoms with E-state index in [2.05, 4.69) is 10.3 Å². The molecule has 0 saturated heterocycles. The Labute approximate surface area is 109 Å². The summed E-state index contributed by atoms with van der Waals surface area (Å²) in [5.74, 6) is 0.542. The molecule has 18 heavy (non-hydrogen) atoms. The van der Waals surface area contributed by atoms with Gasteiger partial charge in [0.25, 0.3) is 5.69 Å². The van der Waals surface area contributed by atoms with E-state index < -0.39 is 4.92 Å². The first-order valence-electron chi connectivity index (χ1n) is 5.21. The first-order valence-corrected chi connectivity index (χ1v) is 5.58. The standard InChI is InChI=1S/C12H10ClN3O2/c1-8-3-2-4-12(14-8)15-10-7-9(13)5-6-11(10)16(17)18/h2-7H,1H3,(H,14,15). The number of hydrogen-bond donors (Lipinski definition) is 1. The molecule has 0 radical (unpaired) electrons. The van der Waals surface area contributed by atoms with E-state index in [1.807, 2.05) is 19.1 Å². The number of pyridine rings is 1. The Kier molecular flexibility index (Phi) is 3.43. The molecule has 5 nitrogen and oxygen atoms in total. The van der Waals surface area contributed by atoms with Crippen molar-refractivity contribution in [2.75, 3.05) is 5.32 Å². The van der Waals surface area contributed by atoms with Gasteiger partial charge in [-0.3, -0.25) is 10.1 Å². The molecule has 0 bridgehead atoms. The molecule has 6 heteroatoms. The summed E-state index contributed by atoms with van der Waals surface area (Å²) in [6.07, 6.45) is 0. The first kappa shape index (κ1) is 12.3. The number of nitro benzene ring substituents is 1. The van der Waals surface area contributed by atoms with Gasteiger partial charge in [-0.2, -0.15) is 0 Å². The molecule has 0 aliphatic heterocycles. The summed E-state index contributed by atoms with van der Waals surface area (Å²) in [4.78, 5) is 14.7. The first-order chi connectivity index (χ1) is 8.56. The summed E-state index contributed by atoms with van der Waals surface area (Å²) in [6, 6.07) is 9.74. The maximum atomic E-state index is 10.9. The molecule has 2 rings (SSSR count). The highest BCUT2D eigenvalue weighted by atomic mass is 35.5. The molecule has 92 valence electrons. The maximum absolute atomic E-state index is 10.9. The normalized spacial score (nSPS) is 10.1. The molecule has 0 saturated carbocycles. The topological polar surface area (TPSA) is 68.1 Å². The van der Waals surface area contributed by atoms with Crippen molar-refractivity contribution in [1.82, 2.24) is 4.98 Å². The third-order valence-corrected chi connectivity index (χ3v) is 2.54. The molecular formula is C12H10ClN3O2. The second-order valence-electron chi connectivity index (χ2n) is 3.71. The highest BCUT2D eigenvalue weighted by Gasteiger charge is 2.14. The number of benzene rings is 1. The largest absolute Gasteiger partial charge is 0.335 e. The molecule has 0 amide bonds. The van der Waals surface area contributed by atoms with E-state index in [0.717, 1.165) is 5.69 Å². The average Bonchev–Trinajstić information content (AvgIpc) is 2.28. The summed E-state index contributed by atoms with van der Waals surface area (Å²) >= 11 is 5.84. The van der Waals surface area contributed by atoms with E-state index in [1.165, 1.54) is 18.2 Å². The second kappa shape index (κ2) is 5.01. The quantitative estimate of drug-likeness (QED) is 0.677. The summed E-state index contributed by atoms with van der Waals surface area (Å²) in [6.45, 7) is 1.84. The fourth-order valence-electron chi connectivity index (χ4n) is 1.52. The Balaban J connectivity index is 2.39. The van der Waals surface area contributed by atoms with E-state index in [1.54, 1.807) is 6.07 Å². The van der Waals surface area contributed by atoms with E-state index in [4.69, 9.17) is 11.6 Å². The smallest absolute Gasteiger partial charge is 0.292 e. The number of halogens is 1. The van der Waals surface area contributed by atoms with Crippen LogP contribution in [0.15, 0.2) is 36.4 Å². The van der Waals surface area contributed by atoms with Gasteiger partial charge in [0.2, 0.25) is 0 Å². The summed E-state index contributed by atoms with van der Waals surface area (Å²) in [7, 11) is 0. The predicted octanol–water partition coefficient (Wildman–Crippen LogP) is 3.70. The van der Waals surface area contributed by atoms with Gasteiger partial charge in [-0.1, -0.05) is 17.7 Å². The fourth-order valence-corrected chi connectivity index (χ4v) is 1.69. The molecule has 0 aliphatic carbocycles. The van der Waals surface area contributed by atoms with Crippen LogP contribution in [0.5, 0.6) is 0 Å². The Hall–Kier alpha value is -2.14. The third-order valence-electron chi connectivity index (χ3n) is 2.31. The van der Waals surface area contributed by atoms with Gasteiger partial charge in [0.05, 0.1) is 4.92 Å². The molecular weight excluding hydrogens is 254 g/mol. The van der Waals surface area contributed by atoms with Crippen LogP contribution in [0, 0.1) is 17.0 Å². The lowest BCUT2D eigenvalue weighted by molar-refractivity contribution is -0.383. The van der Waals surface area contributed by atoms with E-state index in [9.17, 15) is 10.1 Å². The van der Waals surface area contributed by atoms with Crippen molar-refractivity contribution in [2.24, 2.45) is 0 Å². The van der Waals surface area contributed by atoms with Gasteiger partial charge in [0, 0.05) is 16.8 Å². The lowest BCUT2D eigenvalue weighted by Crippen LogP contribution is -1.99. The minimum atomic E-state index is -0.464. The van der Waals surface area contributed by atoms with E-state index in [0.29, 0.717) is 16.5 Å². The number of aromatic nitrogens is 1. The minimum absolute atomic E-state index is 0.0392. The van der Waals surface area contributed by atoms with Crippen molar-refractivity contribution >= 4 is 28.8 Å². The van der Waals surface area contributed by atoms with Crippen LogP contribution in [0.25, 0.3) is 0 Å². The Morgan fingerprint density at radius 3 is 2.78 bits per heavy atom. The van der Waals surface area contributed by atoms with Gasteiger partial charge in [0.1, 0.15) is 11.5 Å². The molecule has 2 aromatic rings. The van der Waals surface area contributed by atoms with Crippen molar-refractivity contribution < 1.29 is 4.92 Å². The van der Waals surface area contributed by atoms with E-state index >= 15 is 0 Å². The Bertz CT molecular complexity index is 602. The molecule has 1 aromatic heterocycles. The van der Waals surface area contributed by atoms with Crippen molar-refractivity contribution in [1.29, 1.82) is 0 Å². The van der Waals surface area contributed by atoms with Crippen molar-refractivity contribution in [3.8, 4) is 0 Å². The number of rotatable bonds is 3. The highest BCUT2D eigenvalue weighted by Crippen LogP contribution is 2.29. The monoisotopic (exact) mass is 263 g/mol. The zero-order valence-corrected chi connectivity index (χ0v) is 10.3. The molecule has 1 heterocycles. The van der Waals surface area contributed by atoms with Gasteiger partial charge in [-0.25, -0.2) is 4.98 Å². The number of aryl methyl sites for hydroxylation is 1. The third kappa shape index (κ3) is 2.75. The van der Waals surface area contributed by atoms with Crippen molar-refractivity contribution in [3.05, 3.63) is 57.2 Å². The Morgan fingerprint density at radius 1 is 1.33 bits per heavy atom. The SMILES string of the molecule is Cc1cccc(Nc2cc(Cl)ccc2[N+](=O)[O-])n1. The zero-order chi connectivity index (χ0) is 13.1. The van der Waals surface area contributed by atoms with Crippen LogP contribution in [-0.4, -0.2) is 9.91 Å². The van der Waals surface area contributed by atoms with Gasteiger partial charge < -0.3 is 5.32 Å². The molecule has 1 N–H and O–H groups in total. The van der Waals surface area contributed by atoms with Crippen LogP contribution in [0.1, 0.15) is 5.69 Å². The predicted molar refractivity (Wildman–Crippen MR) is 70.4 cm³/mol. The van der Waals surface area contributed by atoms with Gasteiger partial charge in [-0.15, -0.1) is 0 Å². The van der Waals surface area contributed by atoms with Gasteiger partial charge in [0.15, 0.2) is 0 Å². The molecule has 0 spiro atoms. The number of nitrogens with zero attached hydrogens (tertiary/aromatic N) is 2. The lowest BCUT2D eigenvalue weighted by atomic mass is 10.2. The van der Waals surface area contributed by atoms with Crippen LogP contribution >= 0.6 is 11.6 Å². The van der Waals surface area contributed by atoms with Crippen molar-refractivity contribution in [3.63, 3.8) is 0 Å². The number of hydrogen-bond acceptors (Lipinski definition) is 4. The summed E-state index contributed by atoms with van der Waals surface area (Å²) in [5.41, 5.74) is 1.11. The van der Waals surface area contributed by atoms with Crippen LogP contribution < -0.4 is 5.32 Å². The zero-order valence-electron chi connectivity index (χ0n) is 9.55. The van der Waals surface area contributed by atoms with Gasteiger partial charge >= 0.3 is 0 Å². The second-order valence-corrected chi connectivity index (χ2v) is 4.14. The highest BCUT2D eigenvalue weighted by molar-refractivity contribution is 6.31. The molecule has 1 aromatic carbocycles. The average molecular weight is 264 g/mol. The minimum Gasteiger partial charge on any atom is -0.335 e. The van der Waals surface area contributed by atoms with E-state index in [-0.39, 0.29) is 5.69 Å². The number of anilines is 2. The van der Waals surface area contributed by atoms with Crippen LogP contribution in [0.2, 0.25) is 5.02 Å². The molecule has 0 atom stereocenters. The van der Waals surface area contributed by atoms with Gasteiger partial charge in [-0.05, 0) is 31.2 Å². The molecule has 0 fully saturated rings. The Morgan fingerprint density at radius 2 is 2.11 bits per heavy atom. The molecule has 0 unspecified atom stereocenters. The van der Waals surface area contributed by atoms with Crippen LogP contribution in [0.4, 0.5) is 17.2 Å². The fraction of sp³-hybridized carbons (Fsp3) is 0.0833. The number of nitro groups is 1. The summed E-state index contributed by atoms with van der Waals surface area (Å²) < 4.78 is 0. The van der Waals surface area contributed by atoms with Crippen LogP contribution in [-0.2, 0) is 0 Å². The van der Waals surface area contributed by atoms with Crippen LogP contribution in [0.3, 0.4) is 0 Å². The maximum Gasteiger partial charge on any atom is 0.292 e. The molecule has 0 aliphatic rings. The number of nitrogens with one attached hydrogen (secondary N) is 1. The lowest BCUT2D eigenvalue weighted by Gasteiger charge is -2.07. The van der Waals surface area contributed by atoms with Crippen molar-refractivity contribution in [2.45, 2.75) is 6.92 Å².